The quantitative estimate of drug-likeness (QED) is 0.790. The van der Waals surface area contributed by atoms with Crippen molar-refractivity contribution in [1.82, 2.24) is 9.97 Å². The standard InChI is InChI=1S/C13H24N4/c1-5-7-15-12-9-14-10-13(16-12)17(8-6-2)11(3)4/h9-11H,5-8H2,1-4H3,(H,15,16). The van der Waals surface area contributed by atoms with Gasteiger partial charge in [0.15, 0.2) is 0 Å². The first-order chi connectivity index (χ1) is 8.19. The van der Waals surface area contributed by atoms with Crippen LogP contribution in [-0.2, 0) is 0 Å². The van der Waals surface area contributed by atoms with Crippen molar-refractivity contribution in [3.05, 3.63) is 12.4 Å². The SMILES string of the molecule is CCCNc1cncc(N(CCC)C(C)C)n1. The van der Waals surface area contributed by atoms with Crippen molar-refractivity contribution in [2.75, 3.05) is 23.3 Å². The molecule has 0 spiro atoms. The first-order valence-electron chi connectivity index (χ1n) is 6.51. The molecule has 1 aromatic rings. The Kier molecular flexibility index (Phi) is 5.73. The average Bonchev–Trinajstić information content (AvgIpc) is 2.33. The van der Waals surface area contributed by atoms with Crippen LogP contribution in [0.15, 0.2) is 12.4 Å². The average molecular weight is 236 g/mol. The van der Waals surface area contributed by atoms with E-state index >= 15 is 0 Å². The highest BCUT2D eigenvalue weighted by Gasteiger charge is 2.11. The van der Waals surface area contributed by atoms with Gasteiger partial charge in [0, 0.05) is 19.1 Å². The lowest BCUT2D eigenvalue weighted by Crippen LogP contribution is -2.32. The predicted octanol–water partition coefficient (Wildman–Crippen LogP) is 2.92. The molecule has 0 amide bonds. The van der Waals surface area contributed by atoms with Crippen LogP contribution in [0.2, 0.25) is 0 Å². The molecule has 1 heterocycles. The van der Waals surface area contributed by atoms with Crippen LogP contribution in [-0.4, -0.2) is 29.1 Å². The molecule has 1 N–H and O–H groups in total. The highest BCUT2D eigenvalue weighted by atomic mass is 15.2. The first kappa shape index (κ1) is 13.7. The molecule has 0 aliphatic carbocycles. The topological polar surface area (TPSA) is 41.1 Å². The first-order valence-corrected chi connectivity index (χ1v) is 6.51. The molecule has 17 heavy (non-hydrogen) atoms. The van der Waals surface area contributed by atoms with Gasteiger partial charge in [0.05, 0.1) is 12.4 Å². The molecule has 0 saturated heterocycles. The van der Waals surface area contributed by atoms with E-state index in [0.717, 1.165) is 37.6 Å². The van der Waals surface area contributed by atoms with E-state index < -0.39 is 0 Å². The molecule has 0 aromatic carbocycles. The largest absolute Gasteiger partial charge is 0.369 e. The third-order valence-electron chi connectivity index (χ3n) is 2.56. The molecule has 0 fully saturated rings. The van der Waals surface area contributed by atoms with E-state index in [4.69, 9.17) is 0 Å². The molecule has 1 rings (SSSR count). The lowest BCUT2D eigenvalue weighted by atomic mass is 10.3. The highest BCUT2D eigenvalue weighted by Crippen LogP contribution is 2.15. The van der Waals surface area contributed by atoms with Crippen molar-refractivity contribution in [2.45, 2.75) is 46.6 Å². The van der Waals surface area contributed by atoms with Crippen LogP contribution < -0.4 is 10.2 Å². The van der Waals surface area contributed by atoms with Gasteiger partial charge in [-0.25, -0.2) is 4.98 Å². The monoisotopic (exact) mass is 236 g/mol. The number of nitrogens with one attached hydrogen (secondary N) is 1. The van der Waals surface area contributed by atoms with Gasteiger partial charge in [0.25, 0.3) is 0 Å². The molecule has 0 aliphatic rings. The van der Waals surface area contributed by atoms with E-state index in [2.05, 4.69) is 47.9 Å². The predicted molar refractivity (Wildman–Crippen MR) is 73.6 cm³/mol. The molecular formula is C13H24N4. The van der Waals surface area contributed by atoms with Gasteiger partial charge in [-0.05, 0) is 26.7 Å². The van der Waals surface area contributed by atoms with Gasteiger partial charge >= 0.3 is 0 Å². The van der Waals surface area contributed by atoms with E-state index in [1.54, 1.807) is 6.20 Å². The maximum Gasteiger partial charge on any atom is 0.149 e. The van der Waals surface area contributed by atoms with Gasteiger partial charge < -0.3 is 10.2 Å². The zero-order chi connectivity index (χ0) is 12.7. The highest BCUT2D eigenvalue weighted by molar-refractivity contribution is 5.44. The molecule has 4 heteroatoms. The van der Waals surface area contributed by atoms with Crippen LogP contribution in [0.5, 0.6) is 0 Å². The van der Waals surface area contributed by atoms with E-state index in [-0.39, 0.29) is 0 Å². The number of aromatic nitrogens is 2. The zero-order valence-electron chi connectivity index (χ0n) is 11.4. The Hall–Kier alpha value is -1.32. The van der Waals surface area contributed by atoms with E-state index in [9.17, 15) is 0 Å². The number of anilines is 2. The second kappa shape index (κ2) is 7.09. The Labute approximate surface area is 104 Å². The summed E-state index contributed by atoms with van der Waals surface area (Å²) in [6.45, 7) is 10.6. The molecule has 0 bridgehead atoms. The molecule has 4 nitrogen and oxygen atoms in total. The number of nitrogens with zero attached hydrogens (tertiary/aromatic N) is 3. The summed E-state index contributed by atoms with van der Waals surface area (Å²) in [5.74, 6) is 1.83. The van der Waals surface area contributed by atoms with E-state index in [1.807, 2.05) is 6.20 Å². The summed E-state index contributed by atoms with van der Waals surface area (Å²) < 4.78 is 0. The van der Waals surface area contributed by atoms with Gasteiger partial charge in [-0.15, -0.1) is 0 Å². The molecule has 0 atom stereocenters. The van der Waals surface area contributed by atoms with Crippen LogP contribution >= 0.6 is 0 Å². The molecule has 0 saturated carbocycles. The molecular weight excluding hydrogens is 212 g/mol. The summed E-state index contributed by atoms with van der Waals surface area (Å²) in [7, 11) is 0. The summed E-state index contributed by atoms with van der Waals surface area (Å²) in [4.78, 5) is 11.1. The Bertz CT molecular complexity index is 325. The second-order valence-corrected chi connectivity index (χ2v) is 4.48. The third kappa shape index (κ3) is 4.21. The minimum Gasteiger partial charge on any atom is -0.369 e. The van der Waals surface area contributed by atoms with Crippen LogP contribution in [0.1, 0.15) is 40.5 Å². The minimum absolute atomic E-state index is 0.450. The Balaban J connectivity index is 2.80. The van der Waals surface area contributed by atoms with Crippen molar-refractivity contribution < 1.29 is 0 Å². The molecule has 96 valence electrons. The summed E-state index contributed by atoms with van der Waals surface area (Å²) >= 11 is 0. The minimum atomic E-state index is 0.450. The van der Waals surface area contributed by atoms with Crippen LogP contribution in [0, 0.1) is 0 Å². The van der Waals surface area contributed by atoms with Gasteiger partial charge in [-0.1, -0.05) is 13.8 Å². The van der Waals surface area contributed by atoms with Crippen molar-refractivity contribution in [3.63, 3.8) is 0 Å². The van der Waals surface area contributed by atoms with E-state index in [0.29, 0.717) is 6.04 Å². The van der Waals surface area contributed by atoms with Crippen molar-refractivity contribution in [2.24, 2.45) is 0 Å². The van der Waals surface area contributed by atoms with Gasteiger partial charge in [-0.3, -0.25) is 4.98 Å². The van der Waals surface area contributed by atoms with E-state index in [1.165, 1.54) is 0 Å². The zero-order valence-corrected chi connectivity index (χ0v) is 11.4. The molecule has 0 radical (unpaired) electrons. The van der Waals surface area contributed by atoms with Crippen LogP contribution in [0.3, 0.4) is 0 Å². The van der Waals surface area contributed by atoms with Crippen LogP contribution in [0.4, 0.5) is 11.6 Å². The van der Waals surface area contributed by atoms with Gasteiger partial charge in [-0.2, -0.15) is 0 Å². The van der Waals surface area contributed by atoms with Crippen molar-refractivity contribution >= 4 is 11.6 Å². The Morgan fingerprint density at radius 1 is 1.24 bits per heavy atom. The normalized spacial score (nSPS) is 10.6. The Morgan fingerprint density at radius 3 is 2.59 bits per heavy atom. The molecule has 0 aliphatic heterocycles. The molecule has 0 unspecified atom stereocenters. The second-order valence-electron chi connectivity index (χ2n) is 4.48. The maximum atomic E-state index is 4.60. The van der Waals surface area contributed by atoms with Crippen LogP contribution in [0.25, 0.3) is 0 Å². The van der Waals surface area contributed by atoms with Crippen molar-refractivity contribution in [3.8, 4) is 0 Å². The summed E-state index contributed by atoms with van der Waals surface area (Å²) in [6.07, 6.45) is 5.83. The molecule has 1 aromatic heterocycles. The third-order valence-corrected chi connectivity index (χ3v) is 2.56. The summed E-state index contributed by atoms with van der Waals surface area (Å²) in [5, 5.41) is 3.27. The fourth-order valence-electron chi connectivity index (χ4n) is 1.71. The lowest BCUT2D eigenvalue weighted by molar-refractivity contribution is 0.660. The Morgan fingerprint density at radius 2 is 2.00 bits per heavy atom. The fraction of sp³-hybridized carbons (Fsp3) is 0.692. The lowest BCUT2D eigenvalue weighted by Gasteiger charge is -2.27. The van der Waals surface area contributed by atoms with Crippen molar-refractivity contribution in [1.29, 1.82) is 0 Å². The fourth-order valence-corrected chi connectivity index (χ4v) is 1.71. The summed E-state index contributed by atoms with van der Waals surface area (Å²) in [6, 6.07) is 0.450. The maximum absolute atomic E-state index is 4.60. The number of hydrogen-bond acceptors (Lipinski definition) is 4. The van der Waals surface area contributed by atoms with Gasteiger partial charge in [0.2, 0.25) is 0 Å². The van der Waals surface area contributed by atoms with Gasteiger partial charge in [0.1, 0.15) is 11.6 Å². The number of hydrogen-bond donors (Lipinski definition) is 1. The smallest absolute Gasteiger partial charge is 0.149 e. The number of rotatable bonds is 7. The summed E-state index contributed by atoms with van der Waals surface area (Å²) in [5.41, 5.74) is 0.